The molecule has 0 spiro atoms. The second-order valence-electron chi connectivity index (χ2n) is 6.45. The first-order chi connectivity index (χ1) is 9.09. The van der Waals surface area contributed by atoms with E-state index in [1.54, 1.807) is 0 Å². The van der Waals surface area contributed by atoms with Gasteiger partial charge in [-0.1, -0.05) is 69.3 Å². The van der Waals surface area contributed by atoms with Crippen molar-refractivity contribution in [1.29, 1.82) is 0 Å². The highest BCUT2D eigenvalue weighted by atomic mass is 14.3. The molecule has 0 aromatic heterocycles. The third-order valence-corrected chi connectivity index (χ3v) is 4.52. The Morgan fingerprint density at radius 1 is 0.789 bits per heavy atom. The number of fused-ring (bicyclic) bond motifs is 2. The molecule has 2 aromatic carbocycles. The Kier molecular flexibility index (Phi) is 2.97. The zero-order chi connectivity index (χ0) is 13.5. The fraction of sp³-hybridized carbons (Fsp3) is 0.368. The van der Waals surface area contributed by atoms with Crippen LogP contribution in [0.2, 0.25) is 0 Å². The molecule has 0 bridgehead atoms. The van der Waals surface area contributed by atoms with Gasteiger partial charge in [0.25, 0.3) is 0 Å². The van der Waals surface area contributed by atoms with Crippen molar-refractivity contribution in [2.75, 3.05) is 0 Å². The maximum Gasteiger partial charge on any atom is 0.0152 e. The molecule has 1 aliphatic rings. The van der Waals surface area contributed by atoms with Crippen molar-refractivity contribution in [2.45, 2.75) is 39.0 Å². The van der Waals surface area contributed by atoms with Crippen LogP contribution in [0.15, 0.2) is 48.5 Å². The van der Waals surface area contributed by atoms with Gasteiger partial charge in [-0.05, 0) is 41.0 Å². The van der Waals surface area contributed by atoms with Gasteiger partial charge in [-0.15, -0.1) is 0 Å². The Morgan fingerprint density at radius 2 is 1.21 bits per heavy atom. The molecule has 0 heteroatoms. The summed E-state index contributed by atoms with van der Waals surface area (Å²) in [6.07, 6.45) is 2.38. The molecule has 0 saturated heterocycles. The standard InChI is InChI=1S/C19H22/c1-14-12-15-8-4-6-10-17(15)19(2,3)18-11-7-5-9-16(18)13-14/h4-11,14H,12-13H2,1-3H3. The van der Waals surface area contributed by atoms with E-state index in [1.165, 1.54) is 35.1 Å². The molecule has 1 aliphatic carbocycles. The van der Waals surface area contributed by atoms with Gasteiger partial charge in [0.15, 0.2) is 0 Å². The maximum atomic E-state index is 2.37. The minimum absolute atomic E-state index is 0.104. The molecule has 0 nitrogen and oxygen atoms in total. The second kappa shape index (κ2) is 4.52. The van der Waals surface area contributed by atoms with Crippen LogP contribution in [0.4, 0.5) is 0 Å². The lowest BCUT2D eigenvalue weighted by molar-refractivity contribution is 0.527. The molecule has 0 fully saturated rings. The first kappa shape index (κ1) is 12.5. The van der Waals surface area contributed by atoms with E-state index < -0.39 is 0 Å². The summed E-state index contributed by atoms with van der Waals surface area (Å²) in [5, 5.41) is 0. The third-order valence-electron chi connectivity index (χ3n) is 4.52. The highest BCUT2D eigenvalue weighted by molar-refractivity contribution is 5.47. The predicted molar refractivity (Wildman–Crippen MR) is 81.6 cm³/mol. The van der Waals surface area contributed by atoms with Gasteiger partial charge in [0.2, 0.25) is 0 Å². The first-order valence-electron chi connectivity index (χ1n) is 7.26. The lowest BCUT2D eigenvalue weighted by atomic mass is 9.70. The molecular formula is C19H22. The van der Waals surface area contributed by atoms with Crippen LogP contribution < -0.4 is 0 Å². The van der Waals surface area contributed by atoms with E-state index in [-0.39, 0.29) is 5.41 Å². The fourth-order valence-electron chi connectivity index (χ4n) is 3.58. The smallest absolute Gasteiger partial charge is 0.0152 e. The Hall–Kier alpha value is -1.56. The molecule has 0 amide bonds. The molecule has 0 heterocycles. The van der Waals surface area contributed by atoms with E-state index in [1.807, 2.05) is 0 Å². The lowest BCUT2D eigenvalue weighted by Crippen LogP contribution is -2.26. The summed E-state index contributed by atoms with van der Waals surface area (Å²) >= 11 is 0. The Labute approximate surface area is 116 Å². The van der Waals surface area contributed by atoms with Gasteiger partial charge in [-0.2, -0.15) is 0 Å². The van der Waals surface area contributed by atoms with Crippen LogP contribution in [0, 0.1) is 5.92 Å². The number of rotatable bonds is 0. The number of hydrogen-bond donors (Lipinski definition) is 0. The van der Waals surface area contributed by atoms with Crippen molar-refractivity contribution in [1.82, 2.24) is 0 Å². The molecule has 98 valence electrons. The topological polar surface area (TPSA) is 0 Å². The summed E-state index contributed by atoms with van der Waals surface area (Å²) in [4.78, 5) is 0. The molecule has 0 N–H and O–H groups in total. The zero-order valence-electron chi connectivity index (χ0n) is 12.1. The molecule has 19 heavy (non-hydrogen) atoms. The van der Waals surface area contributed by atoms with Gasteiger partial charge in [0.05, 0.1) is 0 Å². The van der Waals surface area contributed by atoms with Gasteiger partial charge in [0.1, 0.15) is 0 Å². The molecule has 0 saturated carbocycles. The molecule has 0 radical (unpaired) electrons. The van der Waals surface area contributed by atoms with Gasteiger partial charge < -0.3 is 0 Å². The predicted octanol–water partition coefficient (Wildman–Crippen LogP) is 4.75. The average molecular weight is 250 g/mol. The van der Waals surface area contributed by atoms with E-state index in [4.69, 9.17) is 0 Å². The summed E-state index contributed by atoms with van der Waals surface area (Å²) in [6, 6.07) is 17.9. The van der Waals surface area contributed by atoms with Crippen LogP contribution in [-0.4, -0.2) is 0 Å². The van der Waals surface area contributed by atoms with E-state index in [9.17, 15) is 0 Å². The highest BCUT2D eigenvalue weighted by Crippen LogP contribution is 2.39. The summed E-state index contributed by atoms with van der Waals surface area (Å²) < 4.78 is 0. The summed E-state index contributed by atoms with van der Waals surface area (Å²) in [5.41, 5.74) is 6.14. The summed E-state index contributed by atoms with van der Waals surface area (Å²) in [6.45, 7) is 7.09. The van der Waals surface area contributed by atoms with Crippen molar-refractivity contribution >= 4 is 0 Å². The van der Waals surface area contributed by atoms with Crippen molar-refractivity contribution in [3.63, 3.8) is 0 Å². The third kappa shape index (κ3) is 2.10. The molecular weight excluding hydrogens is 228 g/mol. The van der Waals surface area contributed by atoms with Gasteiger partial charge in [0, 0.05) is 5.41 Å². The fourth-order valence-corrected chi connectivity index (χ4v) is 3.58. The molecule has 2 aromatic rings. The summed E-state index contributed by atoms with van der Waals surface area (Å²) in [7, 11) is 0. The van der Waals surface area contributed by atoms with Crippen LogP contribution in [0.5, 0.6) is 0 Å². The minimum atomic E-state index is 0.104. The summed E-state index contributed by atoms with van der Waals surface area (Å²) in [5.74, 6) is 0.707. The van der Waals surface area contributed by atoms with E-state index >= 15 is 0 Å². The number of hydrogen-bond acceptors (Lipinski definition) is 0. The SMILES string of the molecule is CC1Cc2ccccc2C(C)(C)c2ccccc2C1. The highest BCUT2D eigenvalue weighted by Gasteiger charge is 2.30. The maximum absolute atomic E-state index is 2.37. The van der Waals surface area contributed by atoms with E-state index in [0.717, 1.165) is 0 Å². The monoisotopic (exact) mass is 250 g/mol. The zero-order valence-corrected chi connectivity index (χ0v) is 12.1. The largest absolute Gasteiger partial charge is 0.0620 e. The second-order valence-corrected chi connectivity index (χ2v) is 6.45. The van der Waals surface area contributed by atoms with Crippen LogP contribution in [0.1, 0.15) is 43.0 Å². The Morgan fingerprint density at radius 3 is 1.68 bits per heavy atom. The van der Waals surface area contributed by atoms with Crippen LogP contribution in [-0.2, 0) is 18.3 Å². The molecule has 0 unspecified atom stereocenters. The van der Waals surface area contributed by atoms with Crippen LogP contribution in [0.25, 0.3) is 0 Å². The van der Waals surface area contributed by atoms with Gasteiger partial charge in [-0.3, -0.25) is 0 Å². The first-order valence-corrected chi connectivity index (χ1v) is 7.26. The van der Waals surface area contributed by atoms with Gasteiger partial charge in [-0.25, -0.2) is 0 Å². The molecule has 0 aliphatic heterocycles. The van der Waals surface area contributed by atoms with E-state index in [0.29, 0.717) is 5.92 Å². The van der Waals surface area contributed by atoms with Crippen molar-refractivity contribution in [2.24, 2.45) is 5.92 Å². The minimum Gasteiger partial charge on any atom is -0.0620 e. The van der Waals surface area contributed by atoms with Crippen molar-refractivity contribution in [3.8, 4) is 0 Å². The Bertz CT molecular complexity index is 541. The van der Waals surface area contributed by atoms with Crippen molar-refractivity contribution < 1.29 is 0 Å². The van der Waals surface area contributed by atoms with Crippen molar-refractivity contribution in [3.05, 3.63) is 70.8 Å². The lowest BCUT2D eigenvalue weighted by Gasteiger charge is -2.34. The molecule has 3 rings (SSSR count). The average Bonchev–Trinajstić information content (AvgIpc) is 2.38. The quantitative estimate of drug-likeness (QED) is 0.633. The normalized spacial score (nSPS) is 18.1. The van der Waals surface area contributed by atoms with Crippen LogP contribution >= 0.6 is 0 Å². The number of benzene rings is 2. The Balaban J connectivity index is 2.25. The van der Waals surface area contributed by atoms with E-state index in [2.05, 4.69) is 69.3 Å². The molecule has 0 atom stereocenters. The van der Waals surface area contributed by atoms with Crippen LogP contribution in [0.3, 0.4) is 0 Å². The van der Waals surface area contributed by atoms with Gasteiger partial charge >= 0.3 is 0 Å².